The molecule has 1 fully saturated rings. The summed E-state index contributed by atoms with van der Waals surface area (Å²) < 4.78 is 45.7. The molecule has 1 aromatic heterocycles. The van der Waals surface area contributed by atoms with E-state index in [-0.39, 0.29) is 6.54 Å². The van der Waals surface area contributed by atoms with E-state index in [4.69, 9.17) is 4.42 Å². The molecule has 2 aromatic rings. The highest BCUT2D eigenvalue weighted by Gasteiger charge is 2.68. The van der Waals surface area contributed by atoms with Crippen LogP contribution in [0.3, 0.4) is 0 Å². The third kappa shape index (κ3) is 2.89. The van der Waals surface area contributed by atoms with E-state index in [9.17, 15) is 27.6 Å². The lowest BCUT2D eigenvalue weighted by atomic mass is 10.1. The summed E-state index contributed by atoms with van der Waals surface area (Å²) in [6, 6.07) is 9.17. The molecule has 0 bridgehead atoms. The van der Waals surface area contributed by atoms with Crippen molar-refractivity contribution in [1.29, 1.82) is 0 Å². The van der Waals surface area contributed by atoms with Gasteiger partial charge >= 0.3 is 12.2 Å². The lowest BCUT2D eigenvalue weighted by molar-refractivity contribution is -0.200. The average molecular weight is 367 g/mol. The molecule has 7 nitrogen and oxygen atoms in total. The highest BCUT2D eigenvalue weighted by atomic mass is 19.4. The third-order valence-corrected chi connectivity index (χ3v) is 3.76. The molecule has 4 amide bonds. The average Bonchev–Trinajstić information content (AvgIpc) is 3.19. The van der Waals surface area contributed by atoms with Gasteiger partial charge in [-0.2, -0.15) is 13.2 Å². The van der Waals surface area contributed by atoms with Crippen molar-refractivity contribution in [3.05, 3.63) is 60.1 Å². The molecule has 2 N–H and O–H groups in total. The maximum Gasteiger partial charge on any atom is 0.440 e. The zero-order valence-electron chi connectivity index (χ0n) is 13.0. The van der Waals surface area contributed by atoms with Crippen molar-refractivity contribution in [1.82, 2.24) is 15.5 Å². The number of benzene rings is 1. The fraction of sp³-hybridized carbons (Fsp3) is 0.188. The summed E-state index contributed by atoms with van der Waals surface area (Å²) >= 11 is 0. The summed E-state index contributed by atoms with van der Waals surface area (Å²) in [7, 11) is 0. The van der Waals surface area contributed by atoms with Gasteiger partial charge in [0.25, 0.3) is 17.5 Å². The summed E-state index contributed by atoms with van der Waals surface area (Å²) in [5, 5.41) is 3.11. The van der Waals surface area contributed by atoms with Crippen LogP contribution >= 0.6 is 0 Å². The normalized spacial score (nSPS) is 20.2. The Morgan fingerprint density at radius 1 is 1.15 bits per heavy atom. The number of amides is 4. The molecule has 2 heterocycles. The second-order valence-electron chi connectivity index (χ2n) is 5.49. The van der Waals surface area contributed by atoms with Gasteiger partial charge in [0.15, 0.2) is 5.76 Å². The van der Waals surface area contributed by atoms with Gasteiger partial charge in [0.05, 0.1) is 12.8 Å². The standard InChI is InChI=1S/C16H12F3N3O4/c17-16(18,19)15(20-12(23)11-7-4-8-26-11)13(24)22(14(25)21-15)9-10-5-2-1-3-6-10/h1-8H,9H2,(H,20,23)(H,21,25). The molecule has 1 saturated heterocycles. The molecule has 136 valence electrons. The number of carbonyl (C=O) groups excluding carboxylic acids is 3. The zero-order valence-corrected chi connectivity index (χ0v) is 13.0. The van der Waals surface area contributed by atoms with E-state index >= 15 is 0 Å². The molecule has 1 unspecified atom stereocenters. The molecule has 0 aliphatic carbocycles. The number of hydrogen-bond donors (Lipinski definition) is 2. The van der Waals surface area contributed by atoms with Crippen molar-refractivity contribution >= 4 is 17.8 Å². The van der Waals surface area contributed by atoms with Gasteiger partial charge in [0.1, 0.15) is 0 Å². The molecule has 0 spiro atoms. The van der Waals surface area contributed by atoms with Crippen LogP contribution in [0.4, 0.5) is 18.0 Å². The second-order valence-corrected chi connectivity index (χ2v) is 5.49. The number of imide groups is 1. The fourth-order valence-corrected chi connectivity index (χ4v) is 2.47. The number of alkyl halides is 3. The predicted octanol–water partition coefficient (Wildman–Crippen LogP) is 2.02. The van der Waals surface area contributed by atoms with Crippen molar-refractivity contribution in [2.24, 2.45) is 0 Å². The number of carbonyl (C=O) groups is 3. The Balaban J connectivity index is 1.91. The van der Waals surface area contributed by atoms with Crippen LogP contribution in [0.1, 0.15) is 16.1 Å². The molecule has 1 atom stereocenters. The predicted molar refractivity (Wildman–Crippen MR) is 80.5 cm³/mol. The highest BCUT2D eigenvalue weighted by molar-refractivity contribution is 6.09. The largest absolute Gasteiger partial charge is 0.459 e. The lowest BCUT2D eigenvalue weighted by Crippen LogP contribution is -2.69. The summed E-state index contributed by atoms with van der Waals surface area (Å²) in [6.07, 6.45) is -4.18. The molecule has 26 heavy (non-hydrogen) atoms. The van der Waals surface area contributed by atoms with Gasteiger partial charge in [-0.25, -0.2) is 4.79 Å². The number of halogens is 3. The van der Waals surface area contributed by atoms with Crippen molar-refractivity contribution in [3.8, 4) is 0 Å². The van der Waals surface area contributed by atoms with Crippen LogP contribution in [0.5, 0.6) is 0 Å². The summed E-state index contributed by atoms with van der Waals surface area (Å²) in [5.74, 6) is -3.35. The van der Waals surface area contributed by atoms with Crippen molar-refractivity contribution in [2.75, 3.05) is 0 Å². The Morgan fingerprint density at radius 3 is 2.42 bits per heavy atom. The first-order valence-electron chi connectivity index (χ1n) is 7.35. The number of urea groups is 1. The Kier molecular flexibility index (Phi) is 4.18. The van der Waals surface area contributed by atoms with Gasteiger partial charge in [-0.05, 0) is 17.7 Å². The van der Waals surface area contributed by atoms with Crippen LogP contribution in [-0.2, 0) is 11.3 Å². The maximum atomic E-state index is 13.6. The first-order chi connectivity index (χ1) is 12.2. The molecule has 1 aliphatic heterocycles. The number of hydrogen-bond acceptors (Lipinski definition) is 4. The van der Waals surface area contributed by atoms with E-state index in [1.807, 2.05) is 0 Å². The minimum absolute atomic E-state index is 0.375. The van der Waals surface area contributed by atoms with E-state index < -0.39 is 35.4 Å². The van der Waals surface area contributed by atoms with Gasteiger partial charge in [0, 0.05) is 0 Å². The number of nitrogens with zero attached hydrogens (tertiary/aromatic N) is 1. The van der Waals surface area contributed by atoms with E-state index in [0.717, 1.165) is 12.3 Å². The summed E-state index contributed by atoms with van der Waals surface area (Å²) in [6.45, 7) is -0.375. The quantitative estimate of drug-likeness (QED) is 0.809. The van der Waals surface area contributed by atoms with Gasteiger partial charge in [0.2, 0.25) is 0 Å². The van der Waals surface area contributed by atoms with Crippen molar-refractivity contribution < 1.29 is 32.0 Å². The van der Waals surface area contributed by atoms with Gasteiger partial charge in [-0.1, -0.05) is 30.3 Å². The van der Waals surface area contributed by atoms with Crippen molar-refractivity contribution in [2.45, 2.75) is 18.4 Å². The smallest absolute Gasteiger partial charge is 0.440 e. The van der Waals surface area contributed by atoms with E-state index in [0.29, 0.717) is 10.5 Å². The Labute approximate surface area is 144 Å². The Bertz CT molecular complexity index is 836. The van der Waals surface area contributed by atoms with E-state index in [1.54, 1.807) is 41.0 Å². The number of nitrogens with one attached hydrogen (secondary N) is 2. The molecular formula is C16H12F3N3O4. The minimum atomic E-state index is -5.27. The molecule has 1 aromatic carbocycles. The molecule has 0 radical (unpaired) electrons. The summed E-state index contributed by atoms with van der Waals surface area (Å²) in [4.78, 5) is 36.9. The molecule has 1 aliphatic rings. The fourth-order valence-electron chi connectivity index (χ4n) is 2.47. The van der Waals surface area contributed by atoms with Crippen LogP contribution in [0, 0.1) is 0 Å². The van der Waals surface area contributed by atoms with Crippen LogP contribution in [0.15, 0.2) is 53.1 Å². The Hall–Kier alpha value is -3.30. The topological polar surface area (TPSA) is 91.7 Å². The monoisotopic (exact) mass is 367 g/mol. The van der Waals surface area contributed by atoms with Gasteiger partial charge < -0.3 is 9.73 Å². The minimum Gasteiger partial charge on any atom is -0.459 e. The first-order valence-corrected chi connectivity index (χ1v) is 7.35. The molecule has 3 rings (SSSR count). The molecule has 10 heteroatoms. The number of rotatable bonds is 4. The SMILES string of the molecule is O=C(NC1(C(F)(F)F)NC(=O)N(Cc2ccccc2)C1=O)c1ccco1. The third-order valence-electron chi connectivity index (χ3n) is 3.76. The van der Waals surface area contributed by atoms with Crippen LogP contribution in [-0.4, -0.2) is 34.6 Å². The number of furan rings is 1. The van der Waals surface area contributed by atoms with Gasteiger partial charge in [-0.15, -0.1) is 0 Å². The zero-order chi connectivity index (χ0) is 18.9. The van der Waals surface area contributed by atoms with E-state index in [1.165, 1.54) is 6.07 Å². The van der Waals surface area contributed by atoms with Crippen LogP contribution < -0.4 is 10.6 Å². The van der Waals surface area contributed by atoms with Gasteiger partial charge in [-0.3, -0.25) is 19.8 Å². The van der Waals surface area contributed by atoms with Crippen molar-refractivity contribution in [3.63, 3.8) is 0 Å². The summed E-state index contributed by atoms with van der Waals surface area (Å²) in [5.41, 5.74) is -3.12. The highest BCUT2D eigenvalue weighted by Crippen LogP contribution is 2.34. The molecule has 0 saturated carbocycles. The lowest BCUT2D eigenvalue weighted by Gasteiger charge is -2.29. The molecular weight excluding hydrogens is 355 g/mol. The first kappa shape index (κ1) is 17.5. The van der Waals surface area contributed by atoms with Crippen LogP contribution in [0.25, 0.3) is 0 Å². The maximum absolute atomic E-state index is 13.6. The Morgan fingerprint density at radius 2 is 1.85 bits per heavy atom. The van der Waals surface area contributed by atoms with E-state index in [2.05, 4.69) is 0 Å². The second kappa shape index (κ2) is 6.21. The van der Waals surface area contributed by atoms with Crippen LogP contribution in [0.2, 0.25) is 0 Å².